The van der Waals surface area contributed by atoms with E-state index in [0.29, 0.717) is 35.8 Å². The van der Waals surface area contributed by atoms with E-state index in [9.17, 15) is 4.79 Å². The average molecular weight is 350 g/mol. The van der Waals surface area contributed by atoms with Crippen LogP contribution in [0.15, 0.2) is 46.9 Å². The predicted molar refractivity (Wildman–Crippen MR) is 85.8 cm³/mol. The minimum Gasteiger partial charge on any atom is -0.490 e. The van der Waals surface area contributed by atoms with Gasteiger partial charge in [0, 0.05) is 23.9 Å². The fourth-order valence-electron chi connectivity index (χ4n) is 1.84. The van der Waals surface area contributed by atoms with Crippen molar-refractivity contribution >= 4 is 27.4 Å². The molecular formula is C16H16BrNO3. The van der Waals surface area contributed by atoms with Gasteiger partial charge in [0.25, 0.3) is 0 Å². The summed E-state index contributed by atoms with van der Waals surface area (Å²) in [5.74, 6) is 0.600. The Hall–Kier alpha value is -1.85. The quantitative estimate of drug-likeness (QED) is 0.493. The van der Waals surface area contributed by atoms with Gasteiger partial charge in [-0.2, -0.15) is 0 Å². The van der Waals surface area contributed by atoms with Crippen molar-refractivity contribution in [2.24, 2.45) is 0 Å². The zero-order valence-electron chi connectivity index (χ0n) is 11.6. The first-order valence-corrected chi connectivity index (χ1v) is 7.22. The van der Waals surface area contributed by atoms with Crippen LogP contribution in [0.1, 0.15) is 15.9 Å². The molecule has 0 spiro atoms. The third kappa shape index (κ3) is 4.06. The normalized spacial score (nSPS) is 10.4. The lowest BCUT2D eigenvalue weighted by Gasteiger charge is -2.09. The molecule has 0 aromatic heterocycles. The summed E-state index contributed by atoms with van der Waals surface area (Å²) in [4.78, 5) is 12.4. The molecule has 2 aromatic carbocycles. The Morgan fingerprint density at radius 1 is 1.14 bits per heavy atom. The molecule has 0 aliphatic heterocycles. The third-order valence-electron chi connectivity index (χ3n) is 2.89. The number of hydrogen-bond acceptors (Lipinski definition) is 4. The Labute approximate surface area is 132 Å². The van der Waals surface area contributed by atoms with Gasteiger partial charge in [0.1, 0.15) is 12.4 Å². The van der Waals surface area contributed by atoms with Crippen molar-refractivity contribution in [3.05, 3.63) is 58.1 Å². The van der Waals surface area contributed by atoms with Gasteiger partial charge in [-0.15, -0.1) is 0 Å². The van der Waals surface area contributed by atoms with Gasteiger partial charge < -0.3 is 15.2 Å². The maximum Gasteiger partial charge on any atom is 0.193 e. The number of benzene rings is 2. The van der Waals surface area contributed by atoms with Crippen LogP contribution in [-0.2, 0) is 4.74 Å². The highest BCUT2D eigenvalue weighted by Gasteiger charge is 2.11. The van der Waals surface area contributed by atoms with Crippen LogP contribution in [0.5, 0.6) is 5.75 Å². The van der Waals surface area contributed by atoms with Crippen LogP contribution < -0.4 is 10.5 Å². The second-order valence-corrected chi connectivity index (χ2v) is 5.30. The molecule has 0 aliphatic carbocycles. The average Bonchev–Trinajstić information content (AvgIpc) is 2.48. The SMILES string of the molecule is COCCOc1ccc(C(=O)c2cccc(N)c2)cc1Br. The lowest BCUT2D eigenvalue weighted by molar-refractivity contribution is 0.103. The molecule has 0 atom stereocenters. The van der Waals surface area contributed by atoms with Crippen molar-refractivity contribution in [1.29, 1.82) is 0 Å². The van der Waals surface area contributed by atoms with Crippen LogP contribution >= 0.6 is 15.9 Å². The molecule has 0 radical (unpaired) electrons. The minimum absolute atomic E-state index is 0.0774. The van der Waals surface area contributed by atoms with E-state index in [1.807, 2.05) is 0 Å². The van der Waals surface area contributed by atoms with Gasteiger partial charge >= 0.3 is 0 Å². The first-order chi connectivity index (χ1) is 10.1. The molecule has 0 bridgehead atoms. The van der Waals surface area contributed by atoms with Crippen LogP contribution in [0.25, 0.3) is 0 Å². The molecule has 0 unspecified atom stereocenters. The number of nitrogen functional groups attached to an aromatic ring is 1. The first kappa shape index (κ1) is 15.5. The number of methoxy groups -OCH3 is 1. The van der Waals surface area contributed by atoms with Crippen LogP contribution in [0.2, 0.25) is 0 Å². The van der Waals surface area contributed by atoms with E-state index < -0.39 is 0 Å². The fourth-order valence-corrected chi connectivity index (χ4v) is 2.33. The van der Waals surface area contributed by atoms with Crippen molar-refractivity contribution in [2.75, 3.05) is 26.1 Å². The van der Waals surface area contributed by atoms with Crippen molar-refractivity contribution in [2.45, 2.75) is 0 Å². The summed E-state index contributed by atoms with van der Waals surface area (Å²) in [6, 6.07) is 12.2. The molecule has 0 amide bonds. The van der Waals surface area contributed by atoms with Crippen molar-refractivity contribution in [3.8, 4) is 5.75 Å². The number of halogens is 1. The smallest absolute Gasteiger partial charge is 0.193 e. The van der Waals surface area contributed by atoms with E-state index in [4.69, 9.17) is 15.2 Å². The second-order valence-electron chi connectivity index (χ2n) is 4.44. The molecule has 0 aliphatic rings. The molecule has 2 rings (SSSR count). The van der Waals surface area contributed by atoms with Gasteiger partial charge in [0.05, 0.1) is 11.1 Å². The molecule has 0 saturated carbocycles. The number of rotatable bonds is 6. The number of nitrogens with two attached hydrogens (primary N) is 1. The summed E-state index contributed by atoms with van der Waals surface area (Å²) in [5, 5.41) is 0. The monoisotopic (exact) mass is 349 g/mol. The van der Waals surface area contributed by atoms with E-state index in [1.54, 1.807) is 49.6 Å². The van der Waals surface area contributed by atoms with E-state index in [2.05, 4.69) is 15.9 Å². The Balaban J connectivity index is 2.17. The number of ether oxygens (including phenoxy) is 2. The first-order valence-electron chi connectivity index (χ1n) is 6.43. The highest BCUT2D eigenvalue weighted by Crippen LogP contribution is 2.27. The molecule has 110 valence electrons. The van der Waals surface area contributed by atoms with Gasteiger partial charge in [0.2, 0.25) is 0 Å². The topological polar surface area (TPSA) is 61.5 Å². The summed E-state index contributed by atoms with van der Waals surface area (Å²) in [5.41, 5.74) is 7.41. The lowest BCUT2D eigenvalue weighted by Crippen LogP contribution is -2.06. The van der Waals surface area contributed by atoms with E-state index in [1.165, 1.54) is 0 Å². The standard InChI is InChI=1S/C16H16BrNO3/c1-20-7-8-21-15-6-5-12(10-14(15)17)16(19)11-3-2-4-13(18)9-11/h2-6,9-10H,7-8,18H2,1H3. The maximum atomic E-state index is 12.4. The Kier molecular flexibility index (Phi) is 5.36. The molecular weight excluding hydrogens is 334 g/mol. The summed E-state index contributed by atoms with van der Waals surface area (Å²) < 4.78 is 11.2. The summed E-state index contributed by atoms with van der Waals surface area (Å²) in [6.07, 6.45) is 0. The van der Waals surface area contributed by atoms with E-state index >= 15 is 0 Å². The zero-order valence-corrected chi connectivity index (χ0v) is 13.2. The molecule has 4 nitrogen and oxygen atoms in total. The Bertz CT molecular complexity index is 643. The number of carbonyl (C=O) groups excluding carboxylic acids is 1. The number of carbonyl (C=O) groups is 1. The van der Waals surface area contributed by atoms with Gasteiger partial charge in [0.15, 0.2) is 5.78 Å². The summed E-state index contributed by atoms with van der Waals surface area (Å²) in [7, 11) is 1.62. The summed E-state index contributed by atoms with van der Waals surface area (Å²) in [6.45, 7) is 0.966. The highest BCUT2D eigenvalue weighted by molar-refractivity contribution is 9.10. The van der Waals surface area contributed by atoms with Crippen LogP contribution in [-0.4, -0.2) is 26.1 Å². The molecule has 0 saturated heterocycles. The number of anilines is 1. The lowest BCUT2D eigenvalue weighted by atomic mass is 10.0. The Morgan fingerprint density at radius 2 is 1.90 bits per heavy atom. The van der Waals surface area contributed by atoms with Crippen LogP contribution in [0, 0.1) is 0 Å². The van der Waals surface area contributed by atoms with Crippen LogP contribution in [0.3, 0.4) is 0 Å². The van der Waals surface area contributed by atoms with Crippen LogP contribution in [0.4, 0.5) is 5.69 Å². The predicted octanol–water partition coefficient (Wildman–Crippen LogP) is 3.29. The molecule has 5 heteroatoms. The Morgan fingerprint density at radius 3 is 2.57 bits per heavy atom. The minimum atomic E-state index is -0.0774. The molecule has 21 heavy (non-hydrogen) atoms. The summed E-state index contributed by atoms with van der Waals surface area (Å²) >= 11 is 3.41. The molecule has 2 N–H and O–H groups in total. The molecule has 0 heterocycles. The van der Waals surface area contributed by atoms with Crippen molar-refractivity contribution in [1.82, 2.24) is 0 Å². The van der Waals surface area contributed by atoms with Gasteiger partial charge in [-0.3, -0.25) is 4.79 Å². The van der Waals surface area contributed by atoms with E-state index in [0.717, 1.165) is 4.47 Å². The van der Waals surface area contributed by atoms with Crippen molar-refractivity contribution < 1.29 is 14.3 Å². The molecule has 0 fully saturated rings. The number of ketones is 1. The zero-order chi connectivity index (χ0) is 15.2. The number of hydrogen-bond donors (Lipinski definition) is 1. The van der Waals surface area contributed by atoms with Gasteiger partial charge in [-0.1, -0.05) is 12.1 Å². The molecule has 2 aromatic rings. The van der Waals surface area contributed by atoms with Gasteiger partial charge in [-0.25, -0.2) is 0 Å². The van der Waals surface area contributed by atoms with Gasteiger partial charge in [-0.05, 0) is 46.3 Å². The van der Waals surface area contributed by atoms with Crippen molar-refractivity contribution in [3.63, 3.8) is 0 Å². The largest absolute Gasteiger partial charge is 0.490 e. The third-order valence-corrected chi connectivity index (χ3v) is 3.51. The second kappa shape index (κ2) is 7.24. The fraction of sp³-hybridized carbons (Fsp3) is 0.188. The maximum absolute atomic E-state index is 12.4. The highest BCUT2D eigenvalue weighted by atomic mass is 79.9. The van der Waals surface area contributed by atoms with E-state index in [-0.39, 0.29) is 5.78 Å².